The Kier molecular flexibility index (Phi) is 4.16. The number of fused-ring (bicyclic) bond motifs is 1. The molecule has 2 aromatic heterocycles. The molecule has 0 saturated carbocycles. The Morgan fingerprint density at radius 1 is 1.26 bits per heavy atom. The summed E-state index contributed by atoms with van der Waals surface area (Å²) in [6.45, 7) is 1.98. The largest absolute Gasteiger partial charge is 0.300 e. The zero-order valence-electron chi connectivity index (χ0n) is 12.7. The summed E-state index contributed by atoms with van der Waals surface area (Å²) in [6, 6.07) is 7.15. The smallest absolute Gasteiger partial charge is 0.274 e. The third-order valence-corrected chi connectivity index (χ3v) is 4.36. The summed E-state index contributed by atoms with van der Waals surface area (Å²) in [4.78, 5) is 24.3. The van der Waals surface area contributed by atoms with Crippen molar-refractivity contribution in [2.75, 3.05) is 5.32 Å². The van der Waals surface area contributed by atoms with E-state index in [0.717, 1.165) is 11.4 Å². The summed E-state index contributed by atoms with van der Waals surface area (Å²) in [5.41, 5.74) is 0.377. The molecule has 0 saturated heterocycles. The van der Waals surface area contributed by atoms with Gasteiger partial charge in [0.1, 0.15) is 5.01 Å². The second-order valence-electron chi connectivity index (χ2n) is 5.00. The van der Waals surface area contributed by atoms with Gasteiger partial charge in [-0.15, -0.1) is 10.2 Å². The Labute approximate surface area is 136 Å². The lowest BCUT2D eigenvalue weighted by molar-refractivity contribution is -0.115. The fourth-order valence-electron chi connectivity index (χ4n) is 2.27. The summed E-state index contributed by atoms with van der Waals surface area (Å²) in [7, 11) is 1.58. The van der Waals surface area contributed by atoms with Gasteiger partial charge in [0.25, 0.3) is 5.56 Å². The van der Waals surface area contributed by atoms with Crippen molar-refractivity contribution in [2.24, 2.45) is 7.05 Å². The number of hydrogen-bond donors (Lipinski definition) is 1. The Morgan fingerprint density at radius 2 is 2.00 bits per heavy atom. The van der Waals surface area contributed by atoms with Gasteiger partial charge in [0.2, 0.25) is 11.0 Å². The van der Waals surface area contributed by atoms with Crippen LogP contribution in [0.25, 0.3) is 10.8 Å². The highest BCUT2D eigenvalue weighted by Gasteiger charge is 2.13. The van der Waals surface area contributed by atoms with Gasteiger partial charge >= 0.3 is 0 Å². The van der Waals surface area contributed by atoms with Crippen LogP contribution in [0, 0.1) is 0 Å². The third-order valence-electron chi connectivity index (χ3n) is 3.38. The normalized spacial score (nSPS) is 10.9. The highest BCUT2D eigenvalue weighted by atomic mass is 32.1. The average molecular weight is 329 g/mol. The van der Waals surface area contributed by atoms with Gasteiger partial charge < -0.3 is 5.32 Å². The molecular weight excluding hydrogens is 314 g/mol. The minimum atomic E-state index is -0.236. The molecule has 0 aliphatic heterocycles. The van der Waals surface area contributed by atoms with Gasteiger partial charge in [0, 0.05) is 12.4 Å². The van der Waals surface area contributed by atoms with Crippen LogP contribution in [-0.2, 0) is 24.7 Å². The maximum absolute atomic E-state index is 12.2. The van der Waals surface area contributed by atoms with Crippen LogP contribution >= 0.6 is 11.3 Å². The molecule has 0 unspecified atom stereocenters. The van der Waals surface area contributed by atoms with Gasteiger partial charge in [0.05, 0.1) is 17.5 Å². The third kappa shape index (κ3) is 3.11. The van der Waals surface area contributed by atoms with Crippen molar-refractivity contribution >= 4 is 33.1 Å². The highest BCUT2D eigenvalue weighted by molar-refractivity contribution is 7.15. The number of hydrogen-bond acceptors (Lipinski definition) is 6. The first-order chi connectivity index (χ1) is 11.1. The SMILES string of the molecule is CCc1nnc(NC(=O)Cc2nn(C)c(=O)c3ccccc23)s1. The number of nitrogens with one attached hydrogen (secondary N) is 1. The minimum Gasteiger partial charge on any atom is -0.300 e. The fraction of sp³-hybridized carbons (Fsp3) is 0.267. The zero-order valence-corrected chi connectivity index (χ0v) is 13.6. The number of benzene rings is 1. The summed E-state index contributed by atoms with van der Waals surface area (Å²) in [5, 5.41) is 17.4. The molecule has 3 rings (SSSR count). The molecule has 0 spiro atoms. The van der Waals surface area contributed by atoms with Crippen LogP contribution in [0.3, 0.4) is 0 Å². The predicted molar refractivity (Wildman–Crippen MR) is 88.6 cm³/mol. The van der Waals surface area contributed by atoms with Crippen LogP contribution in [0.15, 0.2) is 29.1 Å². The molecule has 0 fully saturated rings. The van der Waals surface area contributed by atoms with Crippen molar-refractivity contribution in [2.45, 2.75) is 19.8 Å². The van der Waals surface area contributed by atoms with E-state index in [2.05, 4.69) is 20.6 Å². The van der Waals surface area contributed by atoms with E-state index in [1.807, 2.05) is 13.0 Å². The minimum absolute atomic E-state index is 0.0652. The van der Waals surface area contributed by atoms with E-state index >= 15 is 0 Å². The van der Waals surface area contributed by atoms with E-state index in [-0.39, 0.29) is 17.9 Å². The summed E-state index contributed by atoms with van der Waals surface area (Å²) in [6.07, 6.45) is 0.843. The van der Waals surface area contributed by atoms with Gasteiger partial charge in [-0.05, 0) is 12.5 Å². The lowest BCUT2D eigenvalue weighted by Crippen LogP contribution is -2.24. The van der Waals surface area contributed by atoms with Crippen molar-refractivity contribution in [3.63, 3.8) is 0 Å². The molecule has 1 N–H and O–H groups in total. The van der Waals surface area contributed by atoms with Crippen LogP contribution in [0.2, 0.25) is 0 Å². The van der Waals surface area contributed by atoms with Gasteiger partial charge in [-0.2, -0.15) is 5.10 Å². The Balaban J connectivity index is 1.87. The Bertz CT molecular complexity index is 931. The number of carbonyl (C=O) groups is 1. The first-order valence-corrected chi connectivity index (χ1v) is 7.97. The lowest BCUT2D eigenvalue weighted by atomic mass is 10.1. The van der Waals surface area contributed by atoms with E-state index in [1.165, 1.54) is 16.0 Å². The van der Waals surface area contributed by atoms with Crippen LogP contribution in [0.1, 0.15) is 17.6 Å². The maximum atomic E-state index is 12.2. The molecule has 118 valence electrons. The molecule has 1 aromatic carbocycles. The summed E-state index contributed by atoms with van der Waals surface area (Å²) in [5.74, 6) is -0.236. The van der Waals surface area contributed by atoms with Gasteiger partial charge in [0.15, 0.2) is 0 Å². The average Bonchev–Trinajstić information content (AvgIpc) is 3.00. The van der Waals surface area contributed by atoms with Crippen molar-refractivity contribution in [1.29, 1.82) is 0 Å². The standard InChI is InChI=1S/C15H15N5O2S/c1-3-13-17-18-15(23-13)16-12(21)8-11-9-6-4-5-7-10(9)14(22)20(2)19-11/h4-7H,3,8H2,1-2H3,(H,16,18,21). The first kappa shape index (κ1) is 15.3. The molecule has 0 aliphatic carbocycles. The maximum Gasteiger partial charge on any atom is 0.274 e. The quantitative estimate of drug-likeness (QED) is 0.784. The Hall–Kier alpha value is -2.61. The van der Waals surface area contributed by atoms with E-state index in [4.69, 9.17) is 0 Å². The van der Waals surface area contributed by atoms with Gasteiger partial charge in [-0.25, -0.2) is 4.68 Å². The Morgan fingerprint density at radius 3 is 2.70 bits per heavy atom. The van der Waals surface area contributed by atoms with Crippen molar-refractivity contribution < 1.29 is 4.79 Å². The molecule has 0 radical (unpaired) electrons. The number of rotatable bonds is 4. The van der Waals surface area contributed by atoms with E-state index in [0.29, 0.717) is 21.6 Å². The number of anilines is 1. The number of aryl methyl sites for hydroxylation is 2. The predicted octanol–water partition coefficient (Wildman–Crippen LogP) is 1.53. The second kappa shape index (κ2) is 6.25. The van der Waals surface area contributed by atoms with Gasteiger partial charge in [-0.3, -0.25) is 9.59 Å². The topological polar surface area (TPSA) is 89.8 Å². The monoisotopic (exact) mass is 329 g/mol. The molecule has 0 atom stereocenters. The number of aromatic nitrogens is 4. The molecule has 23 heavy (non-hydrogen) atoms. The van der Waals surface area contributed by atoms with E-state index < -0.39 is 0 Å². The molecule has 2 heterocycles. The first-order valence-electron chi connectivity index (χ1n) is 7.15. The van der Waals surface area contributed by atoms with Crippen LogP contribution < -0.4 is 10.9 Å². The number of amides is 1. The lowest BCUT2D eigenvalue weighted by Gasteiger charge is -2.07. The molecule has 8 heteroatoms. The molecule has 0 aliphatic rings. The van der Waals surface area contributed by atoms with Crippen molar-refractivity contribution in [3.05, 3.63) is 45.3 Å². The van der Waals surface area contributed by atoms with Crippen LogP contribution in [0.4, 0.5) is 5.13 Å². The number of nitrogens with zero attached hydrogens (tertiary/aromatic N) is 4. The molecule has 7 nitrogen and oxygen atoms in total. The second-order valence-corrected chi connectivity index (χ2v) is 6.06. The molecule has 1 amide bonds. The summed E-state index contributed by atoms with van der Waals surface area (Å²) >= 11 is 1.35. The van der Waals surface area contributed by atoms with Crippen LogP contribution in [0.5, 0.6) is 0 Å². The van der Waals surface area contributed by atoms with E-state index in [9.17, 15) is 9.59 Å². The molecular formula is C15H15N5O2S. The van der Waals surface area contributed by atoms with Gasteiger partial charge in [-0.1, -0.05) is 36.5 Å². The highest BCUT2D eigenvalue weighted by Crippen LogP contribution is 2.17. The van der Waals surface area contributed by atoms with E-state index in [1.54, 1.807) is 25.2 Å². The zero-order chi connectivity index (χ0) is 16.4. The fourth-order valence-corrected chi connectivity index (χ4v) is 2.96. The van der Waals surface area contributed by atoms with Crippen molar-refractivity contribution in [1.82, 2.24) is 20.0 Å². The molecule has 0 bridgehead atoms. The summed E-state index contributed by atoms with van der Waals surface area (Å²) < 4.78 is 1.26. The van der Waals surface area contributed by atoms with Crippen molar-refractivity contribution in [3.8, 4) is 0 Å². The van der Waals surface area contributed by atoms with Crippen LogP contribution in [-0.4, -0.2) is 25.9 Å². The number of carbonyl (C=O) groups excluding carboxylic acids is 1. The molecule has 3 aromatic rings.